The summed E-state index contributed by atoms with van der Waals surface area (Å²) in [6.45, 7) is 1.95. The van der Waals surface area contributed by atoms with Crippen LogP contribution in [0.5, 0.6) is 5.75 Å². The van der Waals surface area contributed by atoms with Gasteiger partial charge in [0.15, 0.2) is 5.78 Å². The van der Waals surface area contributed by atoms with Crippen LogP contribution in [0.25, 0.3) is 17.4 Å². The van der Waals surface area contributed by atoms with E-state index in [-0.39, 0.29) is 16.5 Å². The van der Waals surface area contributed by atoms with Gasteiger partial charge in [0, 0.05) is 0 Å². The van der Waals surface area contributed by atoms with E-state index >= 15 is 0 Å². The number of hydrogen-bond donors (Lipinski definition) is 1. The number of Topliss-reactive ketones (excluding diaryl/α,β-unsaturated/α-hetero) is 1. The molecular weight excluding hydrogens is 440 g/mol. The number of rotatable bonds is 6. The molecule has 4 rings (SSSR count). The molecule has 0 saturated carbocycles. The van der Waals surface area contributed by atoms with Gasteiger partial charge in [0.2, 0.25) is 0 Å². The van der Waals surface area contributed by atoms with Crippen molar-refractivity contribution in [2.45, 2.75) is 19.3 Å². The van der Waals surface area contributed by atoms with Gasteiger partial charge >= 0.3 is 0 Å². The van der Waals surface area contributed by atoms with Crippen molar-refractivity contribution < 1.29 is 18.9 Å². The molecule has 1 saturated heterocycles. The Kier molecular flexibility index (Phi) is 5.70. The van der Waals surface area contributed by atoms with Gasteiger partial charge in [-0.1, -0.05) is 18.7 Å². The van der Waals surface area contributed by atoms with Crippen LogP contribution in [0.4, 0.5) is 5.69 Å². The van der Waals surface area contributed by atoms with Crippen molar-refractivity contribution in [2.24, 2.45) is 0 Å². The largest absolute Gasteiger partial charge is 0.497 e. The number of ether oxygens (including phenoxy) is 1. The maximum atomic E-state index is 12.9. The Hall–Kier alpha value is -3.31. The summed E-state index contributed by atoms with van der Waals surface area (Å²) in [6.07, 6.45) is 2.26. The Morgan fingerprint density at radius 1 is 1.32 bits per heavy atom. The summed E-state index contributed by atoms with van der Waals surface area (Å²) in [6, 6.07) is 7.71. The molecule has 0 amide bonds. The van der Waals surface area contributed by atoms with Crippen LogP contribution >= 0.6 is 23.1 Å². The first-order valence-corrected chi connectivity index (χ1v) is 10.8. The van der Waals surface area contributed by atoms with Crippen LogP contribution < -0.4 is 4.74 Å². The number of benzene rings is 1. The highest BCUT2D eigenvalue weighted by Gasteiger charge is 2.39. The number of aromatic nitrogens is 2. The Morgan fingerprint density at radius 2 is 2.13 bits per heavy atom. The molecule has 1 atom stereocenters. The Labute approximate surface area is 184 Å². The number of aryl methyl sites for hydroxylation is 1. The van der Waals surface area contributed by atoms with Crippen molar-refractivity contribution in [2.75, 3.05) is 7.11 Å². The highest BCUT2D eigenvalue weighted by molar-refractivity contribution is 8.19. The topological polar surface area (TPSA) is 132 Å². The van der Waals surface area contributed by atoms with Crippen molar-refractivity contribution in [3.8, 4) is 17.1 Å². The van der Waals surface area contributed by atoms with Gasteiger partial charge in [0.1, 0.15) is 33.2 Å². The molecule has 0 unspecified atom stereocenters. The SMILES string of the molecule is CCc1nnc([C@@H]2C(=N)S/C(=C\c3ccc(-c4ccc(OC)cc4[N+](=O)[O-])o3)C2=O)s1. The summed E-state index contributed by atoms with van der Waals surface area (Å²) < 4.78 is 10.8. The minimum atomic E-state index is -0.744. The van der Waals surface area contributed by atoms with Gasteiger partial charge in [0.05, 0.1) is 33.6 Å². The number of carbonyl (C=O) groups is 1. The van der Waals surface area contributed by atoms with Gasteiger partial charge in [0.25, 0.3) is 5.69 Å². The molecule has 158 valence electrons. The summed E-state index contributed by atoms with van der Waals surface area (Å²) in [5, 5.41) is 29.3. The normalized spacial score (nSPS) is 17.5. The second-order valence-electron chi connectivity index (χ2n) is 6.50. The summed E-state index contributed by atoms with van der Waals surface area (Å²) in [7, 11) is 1.43. The van der Waals surface area contributed by atoms with E-state index in [1.54, 1.807) is 30.3 Å². The number of nitro benzene ring substituents is 1. The van der Waals surface area contributed by atoms with Crippen LogP contribution in [0.3, 0.4) is 0 Å². The number of ketones is 1. The van der Waals surface area contributed by atoms with E-state index in [1.165, 1.54) is 24.5 Å². The summed E-state index contributed by atoms with van der Waals surface area (Å²) in [4.78, 5) is 24.2. The van der Waals surface area contributed by atoms with Crippen LogP contribution in [-0.4, -0.2) is 33.1 Å². The van der Waals surface area contributed by atoms with Crippen molar-refractivity contribution >= 4 is 45.7 Å². The molecular formula is C20H16N4O5S2. The molecule has 0 spiro atoms. The molecule has 31 heavy (non-hydrogen) atoms. The lowest BCUT2D eigenvalue weighted by Gasteiger charge is -2.03. The number of nitrogens with one attached hydrogen (secondary N) is 1. The van der Waals surface area contributed by atoms with E-state index in [2.05, 4.69) is 10.2 Å². The van der Waals surface area contributed by atoms with Gasteiger partial charge in [-0.3, -0.25) is 20.3 Å². The number of hydrogen-bond acceptors (Lipinski definition) is 10. The van der Waals surface area contributed by atoms with Gasteiger partial charge in [-0.25, -0.2) is 0 Å². The predicted octanol–water partition coefficient (Wildman–Crippen LogP) is 4.70. The molecule has 3 heterocycles. The van der Waals surface area contributed by atoms with Crippen LogP contribution in [0.2, 0.25) is 0 Å². The number of nitro groups is 1. The van der Waals surface area contributed by atoms with E-state index in [0.29, 0.717) is 39.2 Å². The summed E-state index contributed by atoms with van der Waals surface area (Å²) in [5.41, 5.74) is 0.150. The van der Waals surface area contributed by atoms with E-state index < -0.39 is 10.8 Å². The van der Waals surface area contributed by atoms with E-state index in [0.717, 1.165) is 16.8 Å². The molecule has 1 fully saturated rings. The van der Waals surface area contributed by atoms with Gasteiger partial charge in [-0.15, -0.1) is 21.5 Å². The Balaban J connectivity index is 1.63. The average Bonchev–Trinajstić information content (AvgIpc) is 3.47. The third-order valence-electron chi connectivity index (χ3n) is 4.59. The molecule has 9 nitrogen and oxygen atoms in total. The average molecular weight is 457 g/mol. The van der Waals surface area contributed by atoms with Crippen LogP contribution in [-0.2, 0) is 11.2 Å². The number of methoxy groups -OCH3 is 1. The van der Waals surface area contributed by atoms with Gasteiger partial charge in [-0.2, -0.15) is 0 Å². The smallest absolute Gasteiger partial charge is 0.284 e. The van der Waals surface area contributed by atoms with E-state index in [9.17, 15) is 14.9 Å². The molecule has 2 aromatic heterocycles. The van der Waals surface area contributed by atoms with Crippen molar-refractivity contribution in [3.63, 3.8) is 0 Å². The molecule has 1 aliphatic rings. The van der Waals surface area contributed by atoms with Crippen molar-refractivity contribution in [1.29, 1.82) is 5.41 Å². The molecule has 0 radical (unpaired) electrons. The molecule has 3 aromatic rings. The fourth-order valence-electron chi connectivity index (χ4n) is 3.04. The monoisotopic (exact) mass is 456 g/mol. The lowest BCUT2D eigenvalue weighted by molar-refractivity contribution is -0.384. The fraction of sp³-hybridized carbons (Fsp3) is 0.200. The molecule has 1 N–H and O–H groups in total. The highest BCUT2D eigenvalue weighted by atomic mass is 32.2. The first-order chi connectivity index (χ1) is 14.9. The van der Waals surface area contributed by atoms with Crippen LogP contribution in [0, 0.1) is 15.5 Å². The minimum Gasteiger partial charge on any atom is -0.497 e. The van der Waals surface area contributed by atoms with Gasteiger partial charge < -0.3 is 9.15 Å². The number of carbonyl (C=O) groups excluding carboxylic acids is 1. The van der Waals surface area contributed by atoms with Crippen molar-refractivity contribution in [1.82, 2.24) is 10.2 Å². The zero-order valence-corrected chi connectivity index (χ0v) is 18.1. The standard InChI is InChI=1S/C20H16N4O5S2/c1-3-16-22-23-20(31-16)17-18(25)15(30-19(17)21)9-11-5-7-14(29-11)12-6-4-10(28-2)8-13(12)24(26)27/h4-9,17,21H,3H2,1-2H3/b15-9-,21-19?/t17-/m0/s1. The zero-order chi connectivity index (χ0) is 22.1. The molecule has 0 bridgehead atoms. The molecule has 11 heteroatoms. The maximum Gasteiger partial charge on any atom is 0.284 e. The lowest BCUT2D eigenvalue weighted by atomic mass is 10.1. The number of nitrogens with zero attached hydrogens (tertiary/aromatic N) is 3. The number of thioether (sulfide) groups is 1. The quantitative estimate of drug-likeness (QED) is 0.321. The Bertz CT molecular complexity index is 1230. The third-order valence-corrected chi connectivity index (χ3v) is 6.71. The first-order valence-electron chi connectivity index (χ1n) is 9.18. The van der Waals surface area contributed by atoms with E-state index in [4.69, 9.17) is 14.6 Å². The molecule has 0 aliphatic carbocycles. The van der Waals surface area contributed by atoms with Crippen LogP contribution in [0.15, 0.2) is 39.7 Å². The lowest BCUT2D eigenvalue weighted by Crippen LogP contribution is -2.11. The highest BCUT2D eigenvalue weighted by Crippen LogP contribution is 2.42. The number of furan rings is 1. The minimum absolute atomic E-state index is 0.149. The predicted molar refractivity (Wildman–Crippen MR) is 118 cm³/mol. The van der Waals surface area contributed by atoms with E-state index in [1.807, 2.05) is 6.92 Å². The molecule has 1 aromatic carbocycles. The zero-order valence-electron chi connectivity index (χ0n) is 16.4. The Morgan fingerprint density at radius 3 is 2.81 bits per heavy atom. The number of allylic oxidation sites excluding steroid dienone is 1. The van der Waals surface area contributed by atoms with Crippen molar-refractivity contribution in [3.05, 3.63) is 61.1 Å². The van der Waals surface area contributed by atoms with Crippen LogP contribution in [0.1, 0.15) is 28.6 Å². The second-order valence-corrected chi connectivity index (χ2v) is 8.68. The maximum absolute atomic E-state index is 12.9. The second kappa shape index (κ2) is 8.44. The first kappa shape index (κ1) is 20.9. The summed E-state index contributed by atoms with van der Waals surface area (Å²) >= 11 is 2.39. The van der Waals surface area contributed by atoms with Gasteiger partial charge in [-0.05, 0) is 36.8 Å². The summed E-state index contributed by atoms with van der Waals surface area (Å²) in [5.74, 6) is 0.0361. The fourth-order valence-corrected chi connectivity index (χ4v) is 4.98. The third kappa shape index (κ3) is 4.01. The molecule has 1 aliphatic heterocycles.